The average molecular weight is 265 g/mol. The van der Waals surface area contributed by atoms with Gasteiger partial charge in [-0.2, -0.15) is 0 Å². The van der Waals surface area contributed by atoms with Crippen molar-refractivity contribution in [1.29, 1.82) is 0 Å². The maximum atomic E-state index is 10.6. The quantitative estimate of drug-likeness (QED) is 0.918. The van der Waals surface area contributed by atoms with E-state index in [1.807, 2.05) is 0 Å². The lowest BCUT2D eigenvalue weighted by molar-refractivity contribution is 0.0690. The first-order valence-electron chi connectivity index (χ1n) is 5.08. The Balaban J connectivity index is 2.00. The van der Waals surface area contributed by atoms with E-state index in [-0.39, 0.29) is 12.3 Å². The second kappa shape index (κ2) is 5.46. The molecule has 0 bridgehead atoms. The van der Waals surface area contributed by atoms with Crippen LogP contribution in [-0.2, 0) is 6.61 Å². The van der Waals surface area contributed by atoms with Crippen molar-refractivity contribution < 1.29 is 14.6 Å². The third kappa shape index (κ3) is 3.18. The second-order valence-electron chi connectivity index (χ2n) is 3.44. The Hall–Kier alpha value is -2.14. The van der Waals surface area contributed by atoms with Gasteiger partial charge in [0.1, 0.15) is 12.4 Å². The third-order valence-electron chi connectivity index (χ3n) is 2.11. The van der Waals surface area contributed by atoms with Crippen LogP contribution in [0.2, 0.25) is 5.02 Å². The number of rotatable bonds is 4. The highest BCUT2D eigenvalue weighted by molar-refractivity contribution is 6.30. The Kier molecular flexibility index (Phi) is 3.74. The number of aromatic carboxylic acids is 1. The minimum absolute atomic E-state index is 0.0958. The first-order valence-corrected chi connectivity index (χ1v) is 5.45. The summed E-state index contributed by atoms with van der Waals surface area (Å²) in [6, 6.07) is 6.97. The van der Waals surface area contributed by atoms with Gasteiger partial charge in [0.15, 0.2) is 5.69 Å². The number of hydrogen-bond donors (Lipinski definition) is 1. The fourth-order valence-corrected chi connectivity index (χ4v) is 1.43. The van der Waals surface area contributed by atoms with Crippen molar-refractivity contribution in [2.45, 2.75) is 6.61 Å². The van der Waals surface area contributed by atoms with Gasteiger partial charge < -0.3 is 9.84 Å². The molecule has 0 radical (unpaired) electrons. The number of hydrogen-bond acceptors (Lipinski definition) is 4. The smallest absolute Gasteiger partial charge is 0.356 e. The first kappa shape index (κ1) is 12.3. The molecule has 0 aliphatic rings. The van der Waals surface area contributed by atoms with E-state index in [9.17, 15) is 4.79 Å². The molecule has 0 aliphatic carbocycles. The molecule has 92 valence electrons. The number of carboxylic acids is 1. The molecule has 0 aliphatic heterocycles. The zero-order chi connectivity index (χ0) is 13.0. The number of aromatic nitrogens is 2. The fraction of sp³-hybridized carbons (Fsp3) is 0.0833. The molecule has 1 aromatic carbocycles. The van der Waals surface area contributed by atoms with Crippen LogP contribution >= 0.6 is 11.6 Å². The van der Waals surface area contributed by atoms with Crippen molar-refractivity contribution in [2.75, 3.05) is 0 Å². The summed E-state index contributed by atoms with van der Waals surface area (Å²) in [5, 5.41) is 9.25. The number of halogens is 1. The first-order chi connectivity index (χ1) is 8.65. The highest BCUT2D eigenvalue weighted by Crippen LogP contribution is 2.17. The maximum Gasteiger partial charge on any atom is 0.356 e. The molecular weight excluding hydrogens is 256 g/mol. The molecule has 5 nitrogen and oxygen atoms in total. The van der Waals surface area contributed by atoms with Crippen molar-refractivity contribution >= 4 is 17.6 Å². The van der Waals surface area contributed by atoms with Crippen molar-refractivity contribution in [3.63, 3.8) is 0 Å². The van der Waals surface area contributed by atoms with Gasteiger partial charge in [0.2, 0.25) is 0 Å². The van der Waals surface area contributed by atoms with Crippen LogP contribution in [0.1, 0.15) is 16.2 Å². The summed E-state index contributed by atoms with van der Waals surface area (Å²) in [5.41, 5.74) is 0.446. The van der Waals surface area contributed by atoms with Crippen LogP contribution in [0.15, 0.2) is 36.7 Å². The molecule has 0 saturated carbocycles. The number of ether oxygens (including phenoxy) is 1. The monoisotopic (exact) mass is 264 g/mol. The lowest BCUT2D eigenvalue weighted by atomic mass is 10.3. The summed E-state index contributed by atoms with van der Waals surface area (Å²) in [6.45, 7) is 0.202. The Labute approximate surface area is 108 Å². The average Bonchev–Trinajstić information content (AvgIpc) is 2.37. The van der Waals surface area contributed by atoms with Crippen LogP contribution in [0, 0.1) is 0 Å². The van der Waals surface area contributed by atoms with E-state index in [4.69, 9.17) is 21.4 Å². The van der Waals surface area contributed by atoms with Gasteiger partial charge in [-0.1, -0.05) is 17.7 Å². The second-order valence-corrected chi connectivity index (χ2v) is 3.88. The van der Waals surface area contributed by atoms with E-state index < -0.39 is 5.97 Å². The normalized spacial score (nSPS) is 10.1. The molecule has 18 heavy (non-hydrogen) atoms. The Morgan fingerprint density at radius 1 is 1.33 bits per heavy atom. The summed E-state index contributed by atoms with van der Waals surface area (Å²) in [6.07, 6.45) is 2.56. The fourth-order valence-electron chi connectivity index (χ4n) is 1.25. The number of carbonyl (C=O) groups is 1. The van der Waals surface area contributed by atoms with Crippen LogP contribution < -0.4 is 4.74 Å². The summed E-state index contributed by atoms with van der Waals surface area (Å²) in [5.74, 6) is -0.489. The molecule has 0 fully saturated rings. The molecule has 0 spiro atoms. The van der Waals surface area contributed by atoms with Crippen LogP contribution in [0.25, 0.3) is 0 Å². The minimum atomic E-state index is -1.11. The van der Waals surface area contributed by atoms with E-state index in [0.717, 1.165) is 0 Å². The van der Waals surface area contributed by atoms with Gasteiger partial charge in [-0.3, -0.25) is 4.98 Å². The van der Waals surface area contributed by atoms with Gasteiger partial charge in [0, 0.05) is 5.02 Å². The summed E-state index contributed by atoms with van der Waals surface area (Å²) in [7, 11) is 0. The SMILES string of the molecule is O=C(O)c1cnc(COc2cccc(Cl)c2)cn1. The van der Waals surface area contributed by atoms with Crippen molar-refractivity contribution in [2.24, 2.45) is 0 Å². The predicted molar refractivity (Wildman–Crippen MR) is 64.8 cm³/mol. The van der Waals surface area contributed by atoms with Crippen LogP contribution in [0.3, 0.4) is 0 Å². The molecule has 0 atom stereocenters. The molecule has 6 heteroatoms. The van der Waals surface area contributed by atoms with Gasteiger partial charge in [-0.05, 0) is 18.2 Å². The Bertz CT molecular complexity index is 558. The summed E-state index contributed by atoms with van der Waals surface area (Å²) >= 11 is 5.81. The molecule has 2 rings (SSSR count). The lowest BCUT2D eigenvalue weighted by Crippen LogP contribution is -2.04. The van der Waals surface area contributed by atoms with Gasteiger partial charge in [0.25, 0.3) is 0 Å². The van der Waals surface area contributed by atoms with E-state index in [2.05, 4.69) is 9.97 Å². The van der Waals surface area contributed by atoms with E-state index >= 15 is 0 Å². The number of benzene rings is 1. The topological polar surface area (TPSA) is 72.3 Å². The number of nitrogens with zero attached hydrogens (tertiary/aromatic N) is 2. The standard InChI is InChI=1S/C12H9ClN2O3/c13-8-2-1-3-10(4-8)18-7-9-5-15-11(6-14-9)12(16)17/h1-6H,7H2,(H,16,17). The molecule has 2 aromatic rings. The van der Waals surface area contributed by atoms with Gasteiger partial charge in [0.05, 0.1) is 18.1 Å². The molecule has 0 saturated heterocycles. The Morgan fingerprint density at radius 3 is 2.78 bits per heavy atom. The Morgan fingerprint density at radius 2 is 2.17 bits per heavy atom. The zero-order valence-corrected chi connectivity index (χ0v) is 9.96. The lowest BCUT2D eigenvalue weighted by Gasteiger charge is -2.05. The van der Waals surface area contributed by atoms with Crippen LogP contribution in [0.5, 0.6) is 5.75 Å². The summed E-state index contributed by atoms with van der Waals surface area (Å²) in [4.78, 5) is 18.3. The van der Waals surface area contributed by atoms with Gasteiger partial charge >= 0.3 is 5.97 Å². The molecular formula is C12H9ClN2O3. The maximum absolute atomic E-state index is 10.6. The highest BCUT2D eigenvalue weighted by atomic mass is 35.5. The van der Waals surface area contributed by atoms with Crippen molar-refractivity contribution in [1.82, 2.24) is 9.97 Å². The third-order valence-corrected chi connectivity index (χ3v) is 2.34. The van der Waals surface area contributed by atoms with E-state index in [1.54, 1.807) is 24.3 Å². The van der Waals surface area contributed by atoms with Crippen molar-refractivity contribution in [3.05, 3.63) is 53.1 Å². The van der Waals surface area contributed by atoms with Gasteiger partial charge in [-0.15, -0.1) is 0 Å². The largest absolute Gasteiger partial charge is 0.487 e. The van der Waals surface area contributed by atoms with Gasteiger partial charge in [-0.25, -0.2) is 9.78 Å². The molecule has 0 unspecified atom stereocenters. The zero-order valence-electron chi connectivity index (χ0n) is 9.21. The molecule has 1 aromatic heterocycles. The highest BCUT2D eigenvalue weighted by Gasteiger charge is 2.05. The van der Waals surface area contributed by atoms with Crippen molar-refractivity contribution in [3.8, 4) is 5.75 Å². The number of carboxylic acid groups (broad SMARTS) is 1. The molecule has 1 heterocycles. The van der Waals surface area contributed by atoms with Crippen LogP contribution in [-0.4, -0.2) is 21.0 Å². The van der Waals surface area contributed by atoms with Crippen LogP contribution in [0.4, 0.5) is 0 Å². The molecule has 0 amide bonds. The summed E-state index contributed by atoms with van der Waals surface area (Å²) < 4.78 is 5.44. The molecule has 1 N–H and O–H groups in total. The van der Waals surface area contributed by atoms with E-state index in [1.165, 1.54) is 12.4 Å². The minimum Gasteiger partial charge on any atom is -0.487 e. The van der Waals surface area contributed by atoms with E-state index in [0.29, 0.717) is 16.5 Å². The predicted octanol–water partition coefficient (Wildman–Crippen LogP) is 2.41.